The van der Waals surface area contributed by atoms with Gasteiger partial charge in [-0.15, -0.1) is 0 Å². The van der Waals surface area contributed by atoms with E-state index < -0.39 is 0 Å². The number of benzene rings is 1. The summed E-state index contributed by atoms with van der Waals surface area (Å²) in [7, 11) is 1.69. The highest BCUT2D eigenvalue weighted by atomic mass is 16.5. The summed E-state index contributed by atoms with van der Waals surface area (Å²) < 4.78 is 5.43. The third kappa shape index (κ3) is 3.03. The number of aromatic nitrogens is 1. The molecule has 5 nitrogen and oxygen atoms in total. The normalized spacial score (nSPS) is 14.0. The van der Waals surface area contributed by atoms with Crippen LogP contribution in [-0.2, 0) is 12.8 Å². The topological polar surface area (TPSA) is 54.5 Å². The summed E-state index contributed by atoms with van der Waals surface area (Å²) in [5.41, 5.74) is 3.18. The number of carbonyl (C=O) groups excluding carboxylic acids is 1. The summed E-state index contributed by atoms with van der Waals surface area (Å²) in [4.78, 5) is 18.2. The first-order chi connectivity index (χ1) is 10.8. The minimum atomic E-state index is -0.0835. The van der Waals surface area contributed by atoms with E-state index in [-0.39, 0.29) is 6.03 Å². The number of urea groups is 1. The molecule has 0 saturated carbocycles. The second-order valence-corrected chi connectivity index (χ2v) is 5.26. The predicted octanol–water partition coefficient (Wildman–Crippen LogP) is 2.72. The number of carbonyl (C=O) groups is 1. The molecule has 0 spiro atoms. The first kappa shape index (κ1) is 14.4. The molecule has 0 radical (unpaired) electrons. The van der Waals surface area contributed by atoms with Gasteiger partial charge in [-0.05, 0) is 42.2 Å². The molecule has 0 unspecified atom stereocenters. The van der Waals surface area contributed by atoms with Gasteiger partial charge in [-0.3, -0.25) is 4.98 Å². The molecule has 3 rings (SSSR count). The number of hydrogen-bond acceptors (Lipinski definition) is 3. The Morgan fingerprint density at radius 1 is 1.23 bits per heavy atom. The fourth-order valence-electron chi connectivity index (χ4n) is 2.78. The largest absolute Gasteiger partial charge is 0.496 e. The van der Waals surface area contributed by atoms with Crippen molar-refractivity contribution in [2.24, 2.45) is 0 Å². The zero-order valence-electron chi connectivity index (χ0n) is 12.6. The number of fused-ring (bicyclic) bond motifs is 1. The van der Waals surface area contributed by atoms with Crippen LogP contribution < -0.4 is 10.1 Å². The van der Waals surface area contributed by atoms with Gasteiger partial charge in [0.25, 0.3) is 0 Å². The monoisotopic (exact) mass is 297 g/mol. The van der Waals surface area contributed by atoms with Crippen LogP contribution in [0.2, 0.25) is 0 Å². The molecule has 0 aliphatic carbocycles. The van der Waals surface area contributed by atoms with Crippen LogP contribution in [0.15, 0.2) is 42.7 Å². The second kappa shape index (κ2) is 6.47. The number of ether oxygens (including phenoxy) is 1. The van der Waals surface area contributed by atoms with Crippen molar-refractivity contribution in [1.82, 2.24) is 9.88 Å². The number of nitrogens with zero attached hydrogens (tertiary/aromatic N) is 2. The number of nitrogens with one attached hydrogen (secondary N) is 1. The average Bonchev–Trinajstić information content (AvgIpc) is 2.78. The lowest BCUT2D eigenvalue weighted by molar-refractivity contribution is 0.214. The maximum atomic E-state index is 12.4. The standard InChI is InChI=1S/C17H19N3O2/c1-22-16-6-2-4-13-7-10-20(11-8-15(13)16)17(21)19-14-5-3-9-18-12-14/h2-6,9,12H,7-8,10-11H2,1H3,(H,19,21). The van der Waals surface area contributed by atoms with Crippen molar-refractivity contribution >= 4 is 11.7 Å². The van der Waals surface area contributed by atoms with Crippen molar-refractivity contribution in [2.75, 3.05) is 25.5 Å². The fourth-order valence-corrected chi connectivity index (χ4v) is 2.78. The van der Waals surface area contributed by atoms with Crippen molar-refractivity contribution in [3.63, 3.8) is 0 Å². The number of hydrogen-bond donors (Lipinski definition) is 1. The third-order valence-electron chi connectivity index (χ3n) is 3.93. The Labute approximate surface area is 129 Å². The first-order valence-electron chi connectivity index (χ1n) is 7.38. The van der Waals surface area contributed by atoms with Crippen molar-refractivity contribution in [1.29, 1.82) is 0 Å². The molecule has 1 aromatic carbocycles. The molecular formula is C17H19N3O2. The molecule has 2 heterocycles. The molecular weight excluding hydrogens is 278 g/mol. The van der Waals surface area contributed by atoms with Crippen LogP contribution in [0.1, 0.15) is 11.1 Å². The van der Waals surface area contributed by atoms with Gasteiger partial charge in [0.15, 0.2) is 0 Å². The van der Waals surface area contributed by atoms with Gasteiger partial charge in [-0.2, -0.15) is 0 Å². The van der Waals surface area contributed by atoms with Crippen molar-refractivity contribution in [2.45, 2.75) is 12.8 Å². The van der Waals surface area contributed by atoms with Crippen LogP contribution in [0.4, 0.5) is 10.5 Å². The quantitative estimate of drug-likeness (QED) is 0.927. The van der Waals surface area contributed by atoms with Crippen molar-refractivity contribution in [3.8, 4) is 5.75 Å². The lowest BCUT2D eigenvalue weighted by Crippen LogP contribution is -2.36. The number of amides is 2. The van der Waals surface area contributed by atoms with Gasteiger partial charge in [0.2, 0.25) is 0 Å². The summed E-state index contributed by atoms with van der Waals surface area (Å²) >= 11 is 0. The maximum Gasteiger partial charge on any atom is 0.321 e. The molecule has 2 amide bonds. The van der Waals surface area contributed by atoms with Crippen LogP contribution in [0.25, 0.3) is 0 Å². The third-order valence-corrected chi connectivity index (χ3v) is 3.93. The second-order valence-electron chi connectivity index (χ2n) is 5.26. The molecule has 0 saturated heterocycles. The van der Waals surface area contributed by atoms with Gasteiger partial charge in [0, 0.05) is 19.3 Å². The Morgan fingerprint density at radius 3 is 2.86 bits per heavy atom. The highest BCUT2D eigenvalue weighted by Crippen LogP contribution is 2.26. The van der Waals surface area contributed by atoms with E-state index in [1.807, 2.05) is 23.1 Å². The minimum Gasteiger partial charge on any atom is -0.496 e. The molecule has 0 bridgehead atoms. The van der Waals surface area contributed by atoms with Crippen LogP contribution >= 0.6 is 0 Å². The highest BCUT2D eigenvalue weighted by Gasteiger charge is 2.20. The average molecular weight is 297 g/mol. The molecule has 1 aromatic heterocycles. The summed E-state index contributed by atoms with van der Waals surface area (Å²) in [6, 6.07) is 9.65. The van der Waals surface area contributed by atoms with Gasteiger partial charge in [0.05, 0.1) is 19.0 Å². The molecule has 22 heavy (non-hydrogen) atoms. The number of pyridine rings is 1. The Morgan fingerprint density at radius 2 is 2.09 bits per heavy atom. The van der Waals surface area contributed by atoms with Gasteiger partial charge in [-0.1, -0.05) is 12.1 Å². The van der Waals surface area contributed by atoms with E-state index in [2.05, 4.69) is 16.4 Å². The Balaban J connectivity index is 1.70. The van der Waals surface area contributed by atoms with E-state index in [9.17, 15) is 4.79 Å². The van der Waals surface area contributed by atoms with Crippen LogP contribution in [0, 0.1) is 0 Å². The number of methoxy groups -OCH3 is 1. The molecule has 1 N–H and O–H groups in total. The van der Waals surface area contributed by atoms with Crippen LogP contribution in [0.5, 0.6) is 5.75 Å². The maximum absolute atomic E-state index is 12.4. The lowest BCUT2D eigenvalue weighted by atomic mass is 10.0. The van der Waals surface area contributed by atoms with Gasteiger partial charge >= 0.3 is 6.03 Å². The van der Waals surface area contributed by atoms with E-state index in [4.69, 9.17) is 4.74 Å². The van der Waals surface area contributed by atoms with Crippen LogP contribution in [0.3, 0.4) is 0 Å². The van der Waals surface area contributed by atoms with E-state index in [1.165, 1.54) is 11.1 Å². The molecule has 0 atom stereocenters. The molecule has 2 aromatic rings. The van der Waals surface area contributed by atoms with Crippen molar-refractivity contribution < 1.29 is 9.53 Å². The Hall–Kier alpha value is -2.56. The summed E-state index contributed by atoms with van der Waals surface area (Å²) in [5.74, 6) is 0.909. The molecule has 1 aliphatic heterocycles. The lowest BCUT2D eigenvalue weighted by Gasteiger charge is -2.20. The molecule has 5 heteroatoms. The van der Waals surface area contributed by atoms with Gasteiger partial charge in [-0.25, -0.2) is 4.79 Å². The molecule has 1 aliphatic rings. The van der Waals surface area contributed by atoms with E-state index in [0.717, 1.165) is 18.6 Å². The van der Waals surface area contributed by atoms with Gasteiger partial charge < -0.3 is 15.0 Å². The van der Waals surface area contributed by atoms with Crippen LogP contribution in [-0.4, -0.2) is 36.1 Å². The van der Waals surface area contributed by atoms with E-state index in [1.54, 1.807) is 25.6 Å². The van der Waals surface area contributed by atoms with Gasteiger partial charge in [0.1, 0.15) is 5.75 Å². The minimum absolute atomic E-state index is 0.0835. The summed E-state index contributed by atoms with van der Waals surface area (Å²) in [6.45, 7) is 1.38. The molecule has 0 fully saturated rings. The first-order valence-corrected chi connectivity index (χ1v) is 7.38. The highest BCUT2D eigenvalue weighted by molar-refractivity contribution is 5.89. The predicted molar refractivity (Wildman–Crippen MR) is 85.2 cm³/mol. The number of anilines is 1. The summed E-state index contributed by atoms with van der Waals surface area (Å²) in [6.07, 6.45) is 4.98. The van der Waals surface area contributed by atoms with E-state index in [0.29, 0.717) is 18.8 Å². The zero-order valence-corrected chi connectivity index (χ0v) is 12.6. The fraction of sp³-hybridized carbons (Fsp3) is 0.294. The number of rotatable bonds is 2. The van der Waals surface area contributed by atoms with E-state index >= 15 is 0 Å². The Kier molecular flexibility index (Phi) is 4.23. The van der Waals surface area contributed by atoms with Crippen molar-refractivity contribution in [3.05, 3.63) is 53.9 Å². The zero-order chi connectivity index (χ0) is 15.4. The summed E-state index contributed by atoms with van der Waals surface area (Å²) in [5, 5.41) is 2.89. The SMILES string of the molecule is COc1cccc2c1CCN(C(=O)Nc1cccnc1)CC2. The Bertz CT molecular complexity index is 658. The molecule has 114 valence electrons. The smallest absolute Gasteiger partial charge is 0.321 e.